The molecule has 212 valence electrons. The molecule has 0 aliphatic carbocycles. The number of nitrogens with zero attached hydrogens (tertiary/aromatic N) is 3. The lowest BCUT2D eigenvalue weighted by Gasteiger charge is -2.16. The SMILES string of the molecule is CCO/C=C/c1cc(C(=O)c2cc(F)c(F)c(F)c2)n2cccc(-c3c(OC(F)F)cc4c(nc(C)n4C)c3N)c12. The third kappa shape index (κ3) is 4.75. The highest BCUT2D eigenvalue weighted by molar-refractivity contribution is 6.11. The molecule has 0 radical (unpaired) electrons. The number of alkyl halides is 2. The number of ether oxygens (including phenoxy) is 2. The lowest BCUT2D eigenvalue weighted by atomic mass is 9.99. The summed E-state index contributed by atoms with van der Waals surface area (Å²) in [7, 11) is 1.71. The molecular formula is C29H23F5N4O3. The lowest BCUT2D eigenvalue weighted by Crippen LogP contribution is -2.08. The minimum absolute atomic E-state index is 0.0481. The van der Waals surface area contributed by atoms with Crippen LogP contribution in [0, 0.1) is 24.4 Å². The number of hydrogen-bond donors (Lipinski definition) is 1. The van der Waals surface area contributed by atoms with Crippen LogP contribution in [0.1, 0.15) is 34.4 Å². The minimum Gasteiger partial charge on any atom is -0.501 e. The molecule has 5 rings (SSSR count). The Labute approximate surface area is 230 Å². The van der Waals surface area contributed by atoms with Gasteiger partial charge in [-0.05, 0) is 44.2 Å². The fourth-order valence-corrected chi connectivity index (χ4v) is 4.75. The maximum Gasteiger partial charge on any atom is 0.387 e. The van der Waals surface area contributed by atoms with Gasteiger partial charge in [0, 0.05) is 36.0 Å². The molecule has 0 fully saturated rings. The van der Waals surface area contributed by atoms with E-state index >= 15 is 0 Å². The van der Waals surface area contributed by atoms with E-state index in [0.29, 0.717) is 52.2 Å². The van der Waals surface area contributed by atoms with E-state index < -0.39 is 35.4 Å². The van der Waals surface area contributed by atoms with Crippen molar-refractivity contribution in [2.24, 2.45) is 7.05 Å². The molecule has 0 aliphatic rings. The summed E-state index contributed by atoms with van der Waals surface area (Å²) in [6.45, 7) is 0.656. The maximum absolute atomic E-state index is 14.0. The average molecular weight is 571 g/mol. The zero-order valence-electron chi connectivity index (χ0n) is 22.0. The first-order valence-electron chi connectivity index (χ1n) is 12.4. The first-order valence-corrected chi connectivity index (χ1v) is 12.4. The zero-order valence-corrected chi connectivity index (χ0v) is 22.0. The molecule has 2 N–H and O–H groups in total. The van der Waals surface area contributed by atoms with E-state index in [1.54, 1.807) is 37.6 Å². The second kappa shape index (κ2) is 10.6. The quantitative estimate of drug-likeness (QED) is 0.0744. The van der Waals surface area contributed by atoms with Crippen molar-refractivity contribution in [3.63, 3.8) is 0 Å². The van der Waals surface area contributed by atoms with Gasteiger partial charge in [-0.2, -0.15) is 8.78 Å². The van der Waals surface area contributed by atoms with Crippen LogP contribution in [-0.4, -0.2) is 33.0 Å². The molecule has 5 aromatic rings. The van der Waals surface area contributed by atoms with E-state index in [1.807, 2.05) is 0 Å². The number of benzene rings is 2. The summed E-state index contributed by atoms with van der Waals surface area (Å²) in [5.41, 5.74) is 8.06. The molecule has 7 nitrogen and oxygen atoms in total. The van der Waals surface area contributed by atoms with Crippen molar-refractivity contribution >= 4 is 34.1 Å². The largest absolute Gasteiger partial charge is 0.501 e. The molecule has 0 amide bonds. The van der Waals surface area contributed by atoms with E-state index in [0.717, 1.165) is 0 Å². The van der Waals surface area contributed by atoms with Gasteiger partial charge >= 0.3 is 6.61 Å². The number of imidazole rings is 1. The van der Waals surface area contributed by atoms with Crippen LogP contribution >= 0.6 is 0 Å². The van der Waals surface area contributed by atoms with Crippen LogP contribution in [0.5, 0.6) is 5.75 Å². The number of halogens is 5. The highest BCUT2D eigenvalue weighted by Crippen LogP contribution is 2.44. The number of ketones is 1. The zero-order chi connectivity index (χ0) is 29.6. The van der Waals surface area contributed by atoms with Crippen LogP contribution in [0.2, 0.25) is 0 Å². The van der Waals surface area contributed by atoms with Gasteiger partial charge in [0.05, 0.1) is 40.8 Å². The first-order chi connectivity index (χ1) is 19.5. The van der Waals surface area contributed by atoms with Gasteiger partial charge in [0.2, 0.25) is 5.78 Å². The van der Waals surface area contributed by atoms with Crippen LogP contribution < -0.4 is 10.5 Å². The number of nitrogen functional groups attached to an aromatic ring is 1. The van der Waals surface area contributed by atoms with E-state index in [1.165, 1.54) is 35.1 Å². The number of nitrogens with two attached hydrogens (primary N) is 1. The van der Waals surface area contributed by atoms with Crippen molar-refractivity contribution in [2.75, 3.05) is 12.3 Å². The Morgan fingerprint density at radius 2 is 1.85 bits per heavy atom. The topological polar surface area (TPSA) is 83.8 Å². The number of aryl methyl sites for hydroxylation is 2. The number of aromatic nitrogens is 3. The van der Waals surface area contributed by atoms with Gasteiger partial charge < -0.3 is 24.2 Å². The third-order valence-corrected chi connectivity index (χ3v) is 6.70. The molecule has 2 aromatic carbocycles. The molecule has 3 aromatic heterocycles. The van der Waals surface area contributed by atoms with Gasteiger partial charge in [-0.1, -0.05) is 6.07 Å². The molecule has 0 spiro atoms. The van der Waals surface area contributed by atoms with Crippen LogP contribution in [0.15, 0.2) is 48.9 Å². The summed E-state index contributed by atoms with van der Waals surface area (Å²) in [4.78, 5) is 17.9. The number of fused-ring (bicyclic) bond motifs is 2. The van der Waals surface area contributed by atoms with Gasteiger partial charge in [0.25, 0.3) is 0 Å². The van der Waals surface area contributed by atoms with E-state index in [2.05, 4.69) is 4.98 Å². The smallest absolute Gasteiger partial charge is 0.387 e. The number of carbonyl (C=O) groups is 1. The number of carbonyl (C=O) groups excluding carboxylic acids is 1. The van der Waals surface area contributed by atoms with Gasteiger partial charge in [-0.25, -0.2) is 18.2 Å². The van der Waals surface area contributed by atoms with Crippen LogP contribution in [0.3, 0.4) is 0 Å². The fourth-order valence-electron chi connectivity index (χ4n) is 4.75. The average Bonchev–Trinajstić information content (AvgIpc) is 3.44. The maximum atomic E-state index is 14.0. The lowest BCUT2D eigenvalue weighted by molar-refractivity contribution is -0.0493. The van der Waals surface area contributed by atoms with Crippen molar-refractivity contribution in [2.45, 2.75) is 20.5 Å². The Morgan fingerprint density at radius 1 is 1.15 bits per heavy atom. The van der Waals surface area contributed by atoms with Gasteiger partial charge in [-0.3, -0.25) is 4.79 Å². The summed E-state index contributed by atoms with van der Waals surface area (Å²) >= 11 is 0. The number of hydrogen-bond acceptors (Lipinski definition) is 5. The Morgan fingerprint density at radius 3 is 2.51 bits per heavy atom. The highest BCUT2D eigenvalue weighted by Gasteiger charge is 2.26. The van der Waals surface area contributed by atoms with E-state index in [4.69, 9.17) is 15.2 Å². The summed E-state index contributed by atoms with van der Waals surface area (Å²) in [5, 5.41) is 0. The Hall–Kier alpha value is -4.87. The predicted octanol–water partition coefficient (Wildman–Crippen LogP) is 6.64. The van der Waals surface area contributed by atoms with E-state index in [-0.39, 0.29) is 22.7 Å². The minimum atomic E-state index is -3.18. The second-order valence-electron chi connectivity index (χ2n) is 9.09. The summed E-state index contributed by atoms with van der Waals surface area (Å²) in [6.07, 6.45) is 4.43. The number of pyridine rings is 1. The second-order valence-corrected chi connectivity index (χ2v) is 9.09. The summed E-state index contributed by atoms with van der Waals surface area (Å²) in [6, 6.07) is 7.19. The predicted molar refractivity (Wildman–Crippen MR) is 143 cm³/mol. The Bertz CT molecular complexity index is 1840. The van der Waals surface area contributed by atoms with Crippen molar-refractivity contribution in [3.05, 3.63) is 89.0 Å². The monoisotopic (exact) mass is 570 g/mol. The van der Waals surface area contributed by atoms with Gasteiger partial charge in [0.1, 0.15) is 17.1 Å². The van der Waals surface area contributed by atoms with Crippen LogP contribution in [-0.2, 0) is 11.8 Å². The van der Waals surface area contributed by atoms with Crippen molar-refractivity contribution in [3.8, 4) is 16.9 Å². The Balaban J connectivity index is 1.83. The normalized spacial score (nSPS) is 11.8. The molecular weight excluding hydrogens is 547 g/mol. The molecule has 0 saturated heterocycles. The number of rotatable bonds is 8. The van der Waals surface area contributed by atoms with Crippen molar-refractivity contribution in [1.29, 1.82) is 0 Å². The Kier molecular flexibility index (Phi) is 7.16. The molecule has 0 bridgehead atoms. The molecule has 12 heteroatoms. The highest BCUT2D eigenvalue weighted by atomic mass is 19.3. The third-order valence-electron chi connectivity index (χ3n) is 6.70. The molecule has 0 aliphatic heterocycles. The van der Waals surface area contributed by atoms with Crippen molar-refractivity contribution in [1.82, 2.24) is 14.0 Å². The molecule has 0 saturated carbocycles. The first kappa shape index (κ1) is 27.7. The van der Waals surface area contributed by atoms with Gasteiger partial charge in [-0.15, -0.1) is 0 Å². The summed E-state index contributed by atoms with van der Waals surface area (Å²) < 4.78 is 82.1. The van der Waals surface area contributed by atoms with Crippen LogP contribution in [0.4, 0.5) is 27.6 Å². The van der Waals surface area contributed by atoms with Crippen molar-refractivity contribution < 1.29 is 36.2 Å². The van der Waals surface area contributed by atoms with E-state index in [9.17, 15) is 26.7 Å². The van der Waals surface area contributed by atoms with Gasteiger partial charge in [0.15, 0.2) is 17.5 Å². The van der Waals surface area contributed by atoms with Crippen LogP contribution in [0.25, 0.3) is 33.8 Å². The summed E-state index contributed by atoms with van der Waals surface area (Å²) in [5.74, 6) is -5.21. The molecule has 3 heterocycles. The molecule has 0 atom stereocenters. The molecule has 0 unspecified atom stereocenters. The fraction of sp³-hybridized carbons (Fsp3) is 0.172. The number of anilines is 1. The standard InChI is InChI=1S/C29H23F5N4O3/c1-4-40-9-7-15-12-21(28(39)16-10-18(30)24(32)19(31)11-16)38-8-5-6-17(27(15)38)23-22(41-29(33)34)13-20-26(25(23)35)36-14(2)37(20)3/h5-13,29H,4,35H2,1-3H3/b9-7+. The molecule has 41 heavy (non-hydrogen) atoms.